The molecular formula is C18H19Cl2N5OS. The first-order valence-corrected chi connectivity index (χ1v) is 10.2. The van der Waals surface area contributed by atoms with E-state index in [1.807, 2.05) is 30.3 Å². The number of hydrogen-bond acceptors (Lipinski definition) is 6. The molecule has 0 spiro atoms. The summed E-state index contributed by atoms with van der Waals surface area (Å²) >= 11 is 12.4. The van der Waals surface area contributed by atoms with Crippen molar-refractivity contribution in [3.05, 3.63) is 69.7 Å². The largest absolute Gasteiger partial charge is 0.370 e. The highest BCUT2D eigenvalue weighted by atomic mass is 35.5. The fourth-order valence-electron chi connectivity index (χ4n) is 2.73. The highest BCUT2D eigenvalue weighted by Crippen LogP contribution is 2.31. The quantitative estimate of drug-likeness (QED) is 0.460. The maximum absolute atomic E-state index is 11.3. The van der Waals surface area contributed by atoms with Gasteiger partial charge >= 0.3 is 0 Å². The molecule has 1 aliphatic heterocycles. The van der Waals surface area contributed by atoms with Gasteiger partial charge in [0.25, 0.3) is 0 Å². The number of benzene rings is 2. The van der Waals surface area contributed by atoms with Crippen molar-refractivity contribution < 1.29 is 4.21 Å². The van der Waals surface area contributed by atoms with Crippen LogP contribution in [0.15, 0.2) is 58.4 Å². The third-order valence-corrected chi connectivity index (χ3v) is 5.59. The maximum Gasteiger partial charge on any atom is 0.195 e. The molecule has 142 valence electrons. The molecule has 0 amide bonds. The third kappa shape index (κ3) is 5.01. The lowest BCUT2D eigenvalue weighted by Gasteiger charge is -2.23. The van der Waals surface area contributed by atoms with E-state index < -0.39 is 10.6 Å². The molecule has 3 rings (SSSR count). The number of halogens is 2. The number of hydrogen-bond donors (Lipinski definition) is 5. The zero-order valence-corrected chi connectivity index (χ0v) is 16.7. The smallest absolute Gasteiger partial charge is 0.195 e. The highest BCUT2D eigenvalue weighted by Gasteiger charge is 2.17. The van der Waals surface area contributed by atoms with Gasteiger partial charge in [0, 0.05) is 17.0 Å². The molecular weight excluding hydrogens is 405 g/mol. The Hall–Kier alpha value is -2.06. The molecule has 5 N–H and O–H groups in total. The summed E-state index contributed by atoms with van der Waals surface area (Å²) in [6, 6.07) is 12.6. The van der Waals surface area contributed by atoms with E-state index >= 15 is 0 Å². The first-order chi connectivity index (χ1) is 12.9. The molecule has 2 unspecified atom stereocenters. The fraction of sp³-hybridized carbons (Fsp3) is 0.167. The molecule has 2 atom stereocenters. The lowest BCUT2D eigenvalue weighted by molar-refractivity contribution is 0.562. The van der Waals surface area contributed by atoms with Gasteiger partial charge in [-0.05, 0) is 36.3 Å². The summed E-state index contributed by atoms with van der Waals surface area (Å²) in [5, 5.41) is 7.28. The molecule has 2 aromatic carbocycles. The molecule has 2 aromatic rings. The van der Waals surface area contributed by atoms with E-state index in [9.17, 15) is 4.21 Å². The molecule has 0 bridgehead atoms. The van der Waals surface area contributed by atoms with E-state index in [0.717, 1.165) is 5.56 Å². The van der Waals surface area contributed by atoms with Gasteiger partial charge in [0.15, 0.2) is 5.96 Å². The van der Waals surface area contributed by atoms with Crippen LogP contribution in [-0.4, -0.2) is 22.9 Å². The van der Waals surface area contributed by atoms with E-state index in [1.165, 1.54) is 0 Å². The first-order valence-electron chi connectivity index (χ1n) is 8.22. The van der Waals surface area contributed by atoms with Gasteiger partial charge in [-0.3, -0.25) is 10.1 Å². The number of nitrogens with one attached hydrogen (secondary N) is 3. The van der Waals surface area contributed by atoms with Crippen molar-refractivity contribution >= 4 is 45.5 Å². The Labute approximate surface area is 169 Å². The average molecular weight is 424 g/mol. The van der Waals surface area contributed by atoms with Gasteiger partial charge in [-0.1, -0.05) is 47.5 Å². The van der Waals surface area contributed by atoms with Gasteiger partial charge in [0.2, 0.25) is 0 Å². The number of nitrogens with two attached hydrogens (primary N) is 1. The van der Waals surface area contributed by atoms with Crippen LogP contribution in [0.1, 0.15) is 11.1 Å². The number of guanidine groups is 1. The monoisotopic (exact) mass is 423 g/mol. The van der Waals surface area contributed by atoms with Crippen LogP contribution in [0.3, 0.4) is 0 Å². The molecule has 0 fully saturated rings. The Morgan fingerprint density at radius 1 is 1.26 bits per heavy atom. The van der Waals surface area contributed by atoms with Crippen LogP contribution < -0.4 is 16.4 Å². The van der Waals surface area contributed by atoms with Crippen LogP contribution in [0.5, 0.6) is 0 Å². The first kappa shape index (κ1) is 19.7. The van der Waals surface area contributed by atoms with Crippen molar-refractivity contribution in [3.8, 4) is 0 Å². The minimum atomic E-state index is -2.08. The molecule has 0 saturated heterocycles. The number of aliphatic imine (C=N–C) groups is 1. The number of thiol groups is 1. The van der Waals surface area contributed by atoms with Gasteiger partial charge in [0.1, 0.15) is 6.17 Å². The Kier molecular flexibility index (Phi) is 6.38. The van der Waals surface area contributed by atoms with Crippen molar-refractivity contribution in [2.75, 3.05) is 6.54 Å². The molecule has 0 aliphatic carbocycles. The van der Waals surface area contributed by atoms with E-state index in [-0.39, 0.29) is 12.1 Å². The molecule has 1 heterocycles. The van der Waals surface area contributed by atoms with Crippen molar-refractivity contribution in [2.45, 2.75) is 17.5 Å². The lowest BCUT2D eigenvalue weighted by Crippen LogP contribution is -2.49. The predicted octanol–water partition coefficient (Wildman–Crippen LogP) is 3.01. The Morgan fingerprint density at radius 2 is 2.04 bits per heavy atom. The maximum atomic E-state index is 11.3. The standard InChI is InChI=1S/C18H19Cl2N5OS/c19-14-6-2-5-13(17(14)20)15-10-16(25-18(21)24-15)23-8-7-11-3-1-4-12(9-11)27(22)26/h1-6,9-10,16,22-23,27H,7-8H2,(H3,21,24,25). The van der Waals surface area contributed by atoms with Crippen LogP contribution in [0.25, 0.3) is 5.70 Å². The van der Waals surface area contributed by atoms with Crippen molar-refractivity contribution in [1.29, 1.82) is 4.78 Å². The SMILES string of the molecule is N=[SH](=O)c1cccc(CCNC2C=C(c3cccc(Cl)c3Cl)N=C(N)N2)c1. The van der Waals surface area contributed by atoms with Gasteiger partial charge in [-0.15, -0.1) is 0 Å². The Bertz CT molecular complexity index is 979. The summed E-state index contributed by atoms with van der Waals surface area (Å²) in [6.07, 6.45) is 2.39. The number of nitrogens with zero attached hydrogens (tertiary/aromatic N) is 1. The summed E-state index contributed by atoms with van der Waals surface area (Å²) in [5.41, 5.74) is 8.27. The second-order valence-corrected chi connectivity index (χ2v) is 7.83. The molecule has 27 heavy (non-hydrogen) atoms. The second kappa shape index (κ2) is 8.75. The topological polar surface area (TPSA) is 103 Å². The van der Waals surface area contributed by atoms with Crippen LogP contribution in [-0.2, 0) is 17.0 Å². The van der Waals surface area contributed by atoms with Gasteiger partial charge in [-0.25, -0.2) is 9.20 Å². The highest BCUT2D eigenvalue weighted by molar-refractivity contribution is 7.73. The molecule has 9 heteroatoms. The lowest BCUT2D eigenvalue weighted by atomic mass is 10.1. The van der Waals surface area contributed by atoms with E-state index in [0.29, 0.717) is 39.2 Å². The molecule has 0 saturated carbocycles. The minimum Gasteiger partial charge on any atom is -0.370 e. The molecule has 0 radical (unpaired) electrons. The second-order valence-electron chi connectivity index (χ2n) is 5.94. The van der Waals surface area contributed by atoms with Gasteiger partial charge in [-0.2, -0.15) is 0 Å². The van der Waals surface area contributed by atoms with Crippen molar-refractivity contribution in [3.63, 3.8) is 0 Å². The summed E-state index contributed by atoms with van der Waals surface area (Å²) in [5.74, 6) is 0.286. The van der Waals surface area contributed by atoms with Crippen LogP contribution in [0, 0.1) is 4.78 Å². The normalized spacial score (nSPS) is 17.6. The summed E-state index contributed by atoms with van der Waals surface area (Å²) in [6.45, 7) is 0.649. The zero-order valence-electron chi connectivity index (χ0n) is 14.2. The van der Waals surface area contributed by atoms with E-state index in [4.69, 9.17) is 33.7 Å². The van der Waals surface area contributed by atoms with Crippen LogP contribution in [0.2, 0.25) is 10.0 Å². The molecule has 6 nitrogen and oxygen atoms in total. The average Bonchev–Trinajstić information content (AvgIpc) is 2.64. The van der Waals surface area contributed by atoms with Crippen molar-refractivity contribution in [2.24, 2.45) is 10.7 Å². The van der Waals surface area contributed by atoms with Crippen LogP contribution >= 0.6 is 23.2 Å². The fourth-order valence-corrected chi connectivity index (χ4v) is 3.63. The van der Waals surface area contributed by atoms with E-state index in [2.05, 4.69) is 15.6 Å². The van der Waals surface area contributed by atoms with Crippen molar-refractivity contribution in [1.82, 2.24) is 10.6 Å². The summed E-state index contributed by atoms with van der Waals surface area (Å²) in [4.78, 5) is 4.84. The number of rotatable bonds is 6. The molecule has 0 aromatic heterocycles. The van der Waals surface area contributed by atoms with Gasteiger partial charge in [0.05, 0.1) is 26.3 Å². The minimum absolute atomic E-state index is 0.219. The summed E-state index contributed by atoms with van der Waals surface area (Å²) in [7, 11) is -2.08. The van der Waals surface area contributed by atoms with E-state index in [1.54, 1.807) is 18.2 Å². The third-order valence-electron chi connectivity index (χ3n) is 4.02. The van der Waals surface area contributed by atoms with Gasteiger partial charge < -0.3 is 11.1 Å². The zero-order chi connectivity index (χ0) is 19.4. The summed E-state index contributed by atoms with van der Waals surface area (Å²) < 4.78 is 18.7. The van der Waals surface area contributed by atoms with Crippen LogP contribution in [0.4, 0.5) is 0 Å². The molecule has 1 aliphatic rings. The Balaban J connectivity index is 1.69. The predicted molar refractivity (Wildman–Crippen MR) is 112 cm³/mol. The Morgan fingerprint density at radius 3 is 2.81 bits per heavy atom.